The van der Waals surface area contributed by atoms with Gasteiger partial charge in [0.25, 0.3) is 6.43 Å². The first-order valence-electron chi connectivity index (χ1n) is 7.30. The molecule has 2 aromatic rings. The van der Waals surface area contributed by atoms with E-state index in [1.807, 2.05) is 24.3 Å². The van der Waals surface area contributed by atoms with Crippen molar-refractivity contribution in [2.45, 2.75) is 17.1 Å². The second-order valence-electron chi connectivity index (χ2n) is 5.18. The molecule has 2 aromatic carbocycles. The molecule has 23 heavy (non-hydrogen) atoms. The molecule has 6 heteroatoms. The number of thioether (sulfide) groups is 1. The normalized spacial score (nSPS) is 13.8. The van der Waals surface area contributed by atoms with Crippen LogP contribution in [0.1, 0.15) is 5.56 Å². The van der Waals surface area contributed by atoms with Gasteiger partial charge in [-0.05, 0) is 17.7 Å². The van der Waals surface area contributed by atoms with Crippen LogP contribution in [0.15, 0.2) is 47.4 Å². The Bertz CT molecular complexity index is 669. The number of hydrogen-bond acceptors (Lipinski definition) is 3. The van der Waals surface area contributed by atoms with Crippen LogP contribution < -0.4 is 9.64 Å². The van der Waals surface area contributed by atoms with Gasteiger partial charge in [-0.3, -0.25) is 0 Å². The van der Waals surface area contributed by atoms with E-state index in [0.29, 0.717) is 29.6 Å². The van der Waals surface area contributed by atoms with Crippen LogP contribution in [0.25, 0.3) is 0 Å². The number of anilines is 1. The number of hydrogen-bond donors (Lipinski definition) is 0. The summed E-state index contributed by atoms with van der Waals surface area (Å²) >= 11 is 7.85. The molecule has 1 aliphatic rings. The summed E-state index contributed by atoms with van der Waals surface area (Å²) in [5, 5.41) is 0.449. The third-order valence-electron chi connectivity index (χ3n) is 3.57. The Balaban J connectivity index is 1.85. The quantitative estimate of drug-likeness (QED) is 0.693. The summed E-state index contributed by atoms with van der Waals surface area (Å²) in [7, 11) is 0. The molecule has 0 fully saturated rings. The van der Waals surface area contributed by atoms with Gasteiger partial charge in [-0.2, -0.15) is 0 Å². The second kappa shape index (κ2) is 7.41. The molecule has 0 unspecified atom stereocenters. The SMILES string of the molecule is FC(F)CN1CCOc2c(SCc3ccccc3)ccc(Cl)c21. The Kier molecular flexibility index (Phi) is 5.28. The van der Waals surface area contributed by atoms with Gasteiger partial charge >= 0.3 is 0 Å². The van der Waals surface area contributed by atoms with Crippen molar-refractivity contribution in [2.75, 3.05) is 24.6 Å². The Morgan fingerprint density at radius 2 is 1.96 bits per heavy atom. The van der Waals surface area contributed by atoms with Crippen molar-refractivity contribution in [3.63, 3.8) is 0 Å². The molecule has 0 aromatic heterocycles. The van der Waals surface area contributed by atoms with E-state index < -0.39 is 6.43 Å². The Labute approximate surface area is 143 Å². The Hall–Kier alpha value is -1.46. The van der Waals surface area contributed by atoms with E-state index in [0.717, 1.165) is 10.6 Å². The molecule has 0 N–H and O–H groups in total. The number of fused-ring (bicyclic) bond motifs is 1. The summed E-state index contributed by atoms with van der Waals surface area (Å²) in [6.07, 6.45) is -2.40. The van der Waals surface area contributed by atoms with E-state index in [4.69, 9.17) is 16.3 Å². The van der Waals surface area contributed by atoms with Crippen molar-refractivity contribution in [1.82, 2.24) is 0 Å². The summed E-state index contributed by atoms with van der Waals surface area (Å²) in [6.45, 7) is 0.478. The van der Waals surface area contributed by atoms with E-state index in [2.05, 4.69) is 12.1 Å². The average molecular weight is 356 g/mol. The lowest BCUT2D eigenvalue weighted by Gasteiger charge is -2.32. The third kappa shape index (κ3) is 3.90. The molecule has 0 radical (unpaired) electrons. The summed E-state index contributed by atoms with van der Waals surface area (Å²) in [6, 6.07) is 13.7. The summed E-state index contributed by atoms with van der Waals surface area (Å²) in [5.41, 5.74) is 1.78. The van der Waals surface area contributed by atoms with Crippen LogP contribution in [0, 0.1) is 0 Å². The van der Waals surface area contributed by atoms with Crippen LogP contribution in [0.2, 0.25) is 5.02 Å². The summed E-state index contributed by atoms with van der Waals surface area (Å²) < 4.78 is 31.3. The molecule has 122 valence electrons. The van der Waals surface area contributed by atoms with Gasteiger partial charge in [0.05, 0.1) is 28.7 Å². The molecule has 2 nitrogen and oxygen atoms in total. The van der Waals surface area contributed by atoms with Gasteiger partial charge in [-0.25, -0.2) is 8.78 Å². The van der Waals surface area contributed by atoms with E-state index in [-0.39, 0.29) is 6.54 Å². The summed E-state index contributed by atoms with van der Waals surface area (Å²) in [4.78, 5) is 2.53. The highest BCUT2D eigenvalue weighted by Gasteiger charge is 2.26. The van der Waals surface area contributed by atoms with Crippen molar-refractivity contribution in [2.24, 2.45) is 0 Å². The Morgan fingerprint density at radius 3 is 2.70 bits per heavy atom. The lowest BCUT2D eigenvalue weighted by atomic mass is 10.2. The first-order valence-corrected chi connectivity index (χ1v) is 8.66. The van der Waals surface area contributed by atoms with Gasteiger partial charge in [0.15, 0.2) is 5.75 Å². The van der Waals surface area contributed by atoms with Gasteiger partial charge in [-0.1, -0.05) is 41.9 Å². The van der Waals surface area contributed by atoms with Gasteiger partial charge in [0, 0.05) is 5.75 Å². The minimum atomic E-state index is -2.40. The molecule has 1 aliphatic heterocycles. The fraction of sp³-hybridized carbons (Fsp3) is 0.294. The molecule has 0 atom stereocenters. The molecule has 1 heterocycles. The maximum atomic E-state index is 12.8. The van der Waals surface area contributed by atoms with Crippen LogP contribution in [-0.2, 0) is 5.75 Å². The van der Waals surface area contributed by atoms with E-state index in [1.54, 1.807) is 22.7 Å². The molecule has 0 bridgehead atoms. The fourth-order valence-corrected chi connectivity index (χ4v) is 3.76. The first kappa shape index (κ1) is 16.4. The second-order valence-corrected chi connectivity index (χ2v) is 6.61. The minimum Gasteiger partial charge on any atom is -0.488 e. The Morgan fingerprint density at radius 1 is 1.17 bits per heavy atom. The predicted octanol–water partition coefficient (Wildman–Crippen LogP) is 5.10. The fourth-order valence-electron chi connectivity index (χ4n) is 2.53. The van der Waals surface area contributed by atoms with Crippen molar-refractivity contribution in [3.8, 4) is 5.75 Å². The minimum absolute atomic E-state index is 0.330. The van der Waals surface area contributed by atoms with Gasteiger partial charge < -0.3 is 9.64 Å². The molecule has 0 amide bonds. The van der Waals surface area contributed by atoms with Gasteiger partial charge in [0.2, 0.25) is 0 Å². The highest BCUT2D eigenvalue weighted by molar-refractivity contribution is 7.98. The van der Waals surface area contributed by atoms with Crippen LogP contribution in [0.3, 0.4) is 0 Å². The van der Waals surface area contributed by atoms with E-state index in [1.165, 1.54) is 5.56 Å². The number of alkyl halides is 2. The number of benzene rings is 2. The molecule has 0 saturated carbocycles. The third-order valence-corrected chi connectivity index (χ3v) is 4.98. The topological polar surface area (TPSA) is 12.5 Å². The molecular formula is C17H16ClF2NOS. The number of nitrogens with zero attached hydrogens (tertiary/aromatic N) is 1. The predicted molar refractivity (Wildman–Crippen MR) is 91.2 cm³/mol. The first-order chi connectivity index (χ1) is 11.1. The maximum Gasteiger partial charge on any atom is 0.255 e. The molecule has 0 aliphatic carbocycles. The highest BCUT2D eigenvalue weighted by atomic mass is 35.5. The number of halogens is 3. The van der Waals surface area contributed by atoms with Gasteiger partial charge in [0.1, 0.15) is 6.61 Å². The number of ether oxygens (including phenoxy) is 1. The molecular weight excluding hydrogens is 340 g/mol. The molecule has 0 saturated heterocycles. The molecule has 3 rings (SSSR count). The van der Waals surface area contributed by atoms with Crippen LogP contribution in [-0.4, -0.2) is 26.1 Å². The van der Waals surface area contributed by atoms with Crippen LogP contribution in [0.5, 0.6) is 5.75 Å². The van der Waals surface area contributed by atoms with E-state index in [9.17, 15) is 8.78 Å². The smallest absolute Gasteiger partial charge is 0.255 e. The zero-order valence-corrected chi connectivity index (χ0v) is 13.9. The molecule has 0 spiro atoms. The number of rotatable bonds is 5. The lowest BCUT2D eigenvalue weighted by Crippen LogP contribution is -2.36. The highest BCUT2D eigenvalue weighted by Crippen LogP contribution is 2.45. The zero-order chi connectivity index (χ0) is 16.2. The van der Waals surface area contributed by atoms with Crippen molar-refractivity contribution in [1.29, 1.82) is 0 Å². The standard InChI is InChI=1S/C17H16ClF2NOS/c18-13-6-7-14(23-11-12-4-2-1-3-5-12)17-16(13)21(8-9-22-17)10-15(19)20/h1-7,15H,8-11H2. The van der Waals surface area contributed by atoms with E-state index >= 15 is 0 Å². The lowest BCUT2D eigenvalue weighted by molar-refractivity contribution is 0.151. The van der Waals surface area contributed by atoms with Crippen molar-refractivity contribution < 1.29 is 13.5 Å². The van der Waals surface area contributed by atoms with Crippen LogP contribution >= 0.6 is 23.4 Å². The average Bonchev–Trinajstić information content (AvgIpc) is 2.55. The maximum absolute atomic E-state index is 12.8. The summed E-state index contributed by atoms with van der Waals surface area (Å²) in [5.74, 6) is 1.40. The van der Waals surface area contributed by atoms with Gasteiger partial charge in [-0.15, -0.1) is 11.8 Å². The van der Waals surface area contributed by atoms with Crippen molar-refractivity contribution >= 4 is 29.1 Å². The monoisotopic (exact) mass is 355 g/mol. The van der Waals surface area contributed by atoms with Crippen molar-refractivity contribution in [3.05, 3.63) is 53.1 Å². The largest absolute Gasteiger partial charge is 0.488 e. The zero-order valence-electron chi connectivity index (χ0n) is 12.3. The van der Waals surface area contributed by atoms with Crippen LogP contribution in [0.4, 0.5) is 14.5 Å².